The van der Waals surface area contributed by atoms with Crippen molar-refractivity contribution in [2.45, 2.75) is 26.8 Å². The fourth-order valence-corrected chi connectivity index (χ4v) is 2.90. The molecule has 1 N–H and O–H groups in total. The number of aromatic nitrogens is 2. The lowest BCUT2D eigenvalue weighted by Crippen LogP contribution is -2.06. The quantitative estimate of drug-likeness (QED) is 0.862. The molecule has 19 heavy (non-hydrogen) atoms. The number of thiophene rings is 1. The number of anilines is 1. The normalized spacial score (nSPS) is 10.5. The molecule has 2 aromatic heterocycles. The minimum absolute atomic E-state index is 0.607. The fourth-order valence-electron chi connectivity index (χ4n) is 1.51. The summed E-state index contributed by atoms with van der Waals surface area (Å²) in [6.45, 7) is 5.40. The Morgan fingerprint density at radius 3 is 2.89 bits per heavy atom. The fraction of sp³-hybridized carbons (Fsp3) is 0.385. The van der Waals surface area contributed by atoms with Gasteiger partial charge in [0.15, 0.2) is 0 Å². The molecular weight excluding hydrogens is 326 g/mol. The molecule has 0 saturated carbocycles. The van der Waals surface area contributed by atoms with Crippen LogP contribution in [0.25, 0.3) is 0 Å². The van der Waals surface area contributed by atoms with Gasteiger partial charge < -0.3 is 10.1 Å². The van der Waals surface area contributed by atoms with E-state index in [-0.39, 0.29) is 0 Å². The van der Waals surface area contributed by atoms with E-state index in [0.717, 1.165) is 16.6 Å². The second kappa shape index (κ2) is 6.86. The average Bonchev–Trinajstić information content (AvgIpc) is 2.79. The number of rotatable bonds is 6. The van der Waals surface area contributed by atoms with E-state index in [9.17, 15) is 0 Å². The topological polar surface area (TPSA) is 47.0 Å². The first kappa shape index (κ1) is 14.3. The van der Waals surface area contributed by atoms with Crippen LogP contribution in [0.5, 0.6) is 5.88 Å². The molecule has 0 atom stereocenters. The van der Waals surface area contributed by atoms with Crippen molar-refractivity contribution in [2.75, 3.05) is 11.9 Å². The molecule has 2 aromatic rings. The first-order valence-electron chi connectivity index (χ1n) is 6.12. The molecule has 0 unspecified atom stereocenters. The monoisotopic (exact) mass is 341 g/mol. The van der Waals surface area contributed by atoms with Crippen LogP contribution in [0.2, 0.25) is 0 Å². The van der Waals surface area contributed by atoms with E-state index in [1.54, 1.807) is 11.3 Å². The molecule has 2 heterocycles. The highest BCUT2D eigenvalue weighted by Gasteiger charge is 2.04. The highest BCUT2D eigenvalue weighted by atomic mass is 79.9. The summed E-state index contributed by atoms with van der Waals surface area (Å²) in [5.74, 6) is 1.24. The molecular formula is C13H16BrN3OS. The van der Waals surface area contributed by atoms with Crippen molar-refractivity contribution in [3.63, 3.8) is 0 Å². The minimum Gasteiger partial charge on any atom is -0.478 e. The minimum atomic E-state index is 0.607. The molecule has 6 heteroatoms. The maximum Gasteiger partial charge on any atom is 0.226 e. The second-order valence-corrected chi connectivity index (χ2v) is 6.02. The number of hydrogen-bond acceptors (Lipinski definition) is 5. The van der Waals surface area contributed by atoms with Crippen LogP contribution in [0.3, 0.4) is 0 Å². The van der Waals surface area contributed by atoms with Crippen LogP contribution in [-0.4, -0.2) is 16.6 Å². The predicted octanol–water partition coefficient (Wildman–Crippen LogP) is 4.01. The number of nitrogens with one attached hydrogen (secondary N) is 1. The summed E-state index contributed by atoms with van der Waals surface area (Å²) >= 11 is 5.14. The van der Waals surface area contributed by atoms with Crippen molar-refractivity contribution >= 4 is 33.2 Å². The van der Waals surface area contributed by atoms with Gasteiger partial charge in [0.1, 0.15) is 0 Å². The lowest BCUT2D eigenvalue weighted by atomic mass is 10.4. The Morgan fingerprint density at radius 1 is 1.37 bits per heavy atom. The highest BCUT2D eigenvalue weighted by Crippen LogP contribution is 2.20. The average molecular weight is 342 g/mol. The molecule has 0 bridgehead atoms. The molecule has 0 fully saturated rings. The summed E-state index contributed by atoms with van der Waals surface area (Å²) in [6, 6.07) is 3.94. The van der Waals surface area contributed by atoms with E-state index in [0.29, 0.717) is 25.0 Å². The predicted molar refractivity (Wildman–Crippen MR) is 81.9 cm³/mol. The molecule has 0 spiro atoms. The Morgan fingerprint density at radius 2 is 2.21 bits per heavy atom. The summed E-state index contributed by atoms with van der Waals surface area (Å²) < 4.78 is 6.64. The van der Waals surface area contributed by atoms with Crippen LogP contribution >= 0.6 is 27.3 Å². The van der Waals surface area contributed by atoms with Gasteiger partial charge in [0, 0.05) is 26.5 Å². The van der Waals surface area contributed by atoms with E-state index in [4.69, 9.17) is 4.74 Å². The van der Waals surface area contributed by atoms with Crippen molar-refractivity contribution in [1.82, 2.24) is 9.97 Å². The zero-order chi connectivity index (χ0) is 13.7. The van der Waals surface area contributed by atoms with Gasteiger partial charge in [0.2, 0.25) is 11.8 Å². The van der Waals surface area contributed by atoms with E-state index in [1.807, 2.05) is 13.0 Å². The molecule has 2 rings (SSSR count). The van der Waals surface area contributed by atoms with Gasteiger partial charge in [-0.2, -0.15) is 4.98 Å². The standard InChI is InChI=1S/C13H16BrN3OS/c1-3-4-18-12-5-9(2)16-13(17-12)15-7-11-6-10(14)8-19-11/h5-6,8H,3-4,7H2,1-2H3,(H,15,16,17). The van der Waals surface area contributed by atoms with Crippen molar-refractivity contribution in [2.24, 2.45) is 0 Å². The Bertz CT molecular complexity index is 544. The number of aryl methyl sites for hydroxylation is 1. The van der Waals surface area contributed by atoms with Gasteiger partial charge in [0.05, 0.1) is 13.2 Å². The largest absolute Gasteiger partial charge is 0.478 e. The summed E-state index contributed by atoms with van der Waals surface area (Å²) in [4.78, 5) is 9.93. The smallest absolute Gasteiger partial charge is 0.226 e. The highest BCUT2D eigenvalue weighted by molar-refractivity contribution is 9.10. The number of nitrogens with zero attached hydrogens (tertiary/aromatic N) is 2. The van der Waals surface area contributed by atoms with Crippen LogP contribution in [0, 0.1) is 6.92 Å². The van der Waals surface area contributed by atoms with Crippen LogP contribution in [0.4, 0.5) is 5.95 Å². The van der Waals surface area contributed by atoms with Gasteiger partial charge in [-0.05, 0) is 35.3 Å². The molecule has 0 saturated heterocycles. The van der Waals surface area contributed by atoms with Gasteiger partial charge in [0.25, 0.3) is 0 Å². The summed E-state index contributed by atoms with van der Waals surface area (Å²) in [6.07, 6.45) is 0.967. The Hall–Kier alpha value is -1.14. The summed E-state index contributed by atoms with van der Waals surface area (Å²) in [5.41, 5.74) is 0.899. The Kier molecular flexibility index (Phi) is 5.15. The Labute approximate surface area is 125 Å². The number of ether oxygens (including phenoxy) is 1. The van der Waals surface area contributed by atoms with E-state index in [1.165, 1.54) is 4.88 Å². The first-order valence-corrected chi connectivity index (χ1v) is 7.80. The first-order chi connectivity index (χ1) is 9.17. The van der Waals surface area contributed by atoms with Gasteiger partial charge in [-0.1, -0.05) is 6.92 Å². The maximum atomic E-state index is 5.54. The number of halogens is 1. The molecule has 0 aliphatic carbocycles. The van der Waals surface area contributed by atoms with Crippen LogP contribution < -0.4 is 10.1 Å². The van der Waals surface area contributed by atoms with Gasteiger partial charge in [-0.3, -0.25) is 0 Å². The van der Waals surface area contributed by atoms with E-state index < -0.39 is 0 Å². The van der Waals surface area contributed by atoms with Gasteiger partial charge in [-0.25, -0.2) is 4.98 Å². The molecule has 4 nitrogen and oxygen atoms in total. The third-order valence-corrected chi connectivity index (χ3v) is 4.02. The van der Waals surface area contributed by atoms with Crippen LogP contribution in [0.1, 0.15) is 23.9 Å². The van der Waals surface area contributed by atoms with Crippen LogP contribution in [0.15, 0.2) is 22.0 Å². The lowest BCUT2D eigenvalue weighted by Gasteiger charge is -2.08. The van der Waals surface area contributed by atoms with Crippen molar-refractivity contribution in [3.05, 3.63) is 32.6 Å². The SMILES string of the molecule is CCCOc1cc(C)nc(NCc2cc(Br)cs2)n1. The lowest BCUT2D eigenvalue weighted by molar-refractivity contribution is 0.305. The molecule has 0 radical (unpaired) electrons. The second-order valence-electron chi connectivity index (χ2n) is 4.10. The van der Waals surface area contributed by atoms with Gasteiger partial charge >= 0.3 is 0 Å². The molecule has 0 aliphatic heterocycles. The van der Waals surface area contributed by atoms with E-state index in [2.05, 4.69) is 49.6 Å². The number of hydrogen-bond donors (Lipinski definition) is 1. The van der Waals surface area contributed by atoms with Crippen molar-refractivity contribution < 1.29 is 4.74 Å². The summed E-state index contributed by atoms with van der Waals surface area (Å²) in [5, 5.41) is 5.28. The third kappa shape index (κ3) is 4.47. The molecule has 102 valence electrons. The van der Waals surface area contributed by atoms with Crippen molar-refractivity contribution in [3.8, 4) is 5.88 Å². The van der Waals surface area contributed by atoms with Gasteiger partial charge in [-0.15, -0.1) is 11.3 Å². The Balaban J connectivity index is 2.01. The zero-order valence-electron chi connectivity index (χ0n) is 10.9. The molecule has 0 aromatic carbocycles. The summed E-state index contributed by atoms with van der Waals surface area (Å²) in [7, 11) is 0. The van der Waals surface area contributed by atoms with Crippen molar-refractivity contribution in [1.29, 1.82) is 0 Å². The van der Waals surface area contributed by atoms with E-state index >= 15 is 0 Å². The van der Waals surface area contributed by atoms with Crippen LogP contribution in [-0.2, 0) is 6.54 Å². The molecule has 0 amide bonds. The molecule has 0 aliphatic rings. The zero-order valence-corrected chi connectivity index (χ0v) is 13.3. The maximum absolute atomic E-state index is 5.54. The third-order valence-electron chi connectivity index (χ3n) is 2.33.